The second-order valence-electron chi connectivity index (χ2n) is 4.32. The van der Waals surface area contributed by atoms with Crippen LogP contribution in [0, 0.1) is 28.6 Å². The van der Waals surface area contributed by atoms with Crippen LogP contribution in [0.5, 0.6) is 0 Å². The lowest BCUT2D eigenvalue weighted by molar-refractivity contribution is 0.560. The molecule has 5 nitrogen and oxygen atoms in total. The molecule has 1 aliphatic carbocycles. The van der Waals surface area contributed by atoms with Gasteiger partial charge in [-0.15, -0.1) is 0 Å². The van der Waals surface area contributed by atoms with E-state index in [9.17, 15) is 8.42 Å². The quantitative estimate of drug-likeness (QED) is 0.916. The molecule has 1 atom stereocenters. The molecule has 7 heteroatoms. The van der Waals surface area contributed by atoms with E-state index in [2.05, 4.69) is 4.72 Å². The zero-order valence-corrected chi connectivity index (χ0v) is 11.4. The Kier molecular flexibility index (Phi) is 3.77. The third-order valence-electron chi connectivity index (χ3n) is 2.89. The number of hydrogen-bond donors (Lipinski definition) is 1. The highest BCUT2D eigenvalue weighted by molar-refractivity contribution is 7.89. The van der Waals surface area contributed by atoms with Gasteiger partial charge in [0.1, 0.15) is 12.1 Å². The van der Waals surface area contributed by atoms with E-state index < -0.39 is 16.1 Å². The van der Waals surface area contributed by atoms with E-state index >= 15 is 0 Å². The molecule has 0 aromatic heterocycles. The number of halogens is 1. The number of nitrogens with zero attached hydrogens (tertiary/aromatic N) is 2. The van der Waals surface area contributed by atoms with Crippen molar-refractivity contribution in [3.63, 3.8) is 0 Å². The van der Waals surface area contributed by atoms with Crippen molar-refractivity contribution in [3.8, 4) is 12.1 Å². The fraction of sp³-hybridized carbons (Fsp3) is 0.333. The molecule has 1 saturated carbocycles. The van der Waals surface area contributed by atoms with Gasteiger partial charge in [-0.3, -0.25) is 0 Å². The van der Waals surface area contributed by atoms with Crippen molar-refractivity contribution in [2.45, 2.75) is 23.8 Å². The van der Waals surface area contributed by atoms with Crippen LogP contribution in [0.4, 0.5) is 0 Å². The minimum Gasteiger partial charge on any atom is -0.207 e. The minimum absolute atomic E-state index is 0.0441. The van der Waals surface area contributed by atoms with E-state index in [1.807, 2.05) is 12.1 Å². The molecule has 0 bridgehead atoms. The Hall–Kier alpha value is -1.60. The van der Waals surface area contributed by atoms with Crippen molar-refractivity contribution in [1.29, 1.82) is 10.5 Å². The van der Waals surface area contributed by atoms with Crippen LogP contribution in [0.1, 0.15) is 18.4 Å². The van der Waals surface area contributed by atoms with Crippen molar-refractivity contribution in [2.24, 2.45) is 5.92 Å². The summed E-state index contributed by atoms with van der Waals surface area (Å²) in [5.41, 5.74) is 0.208. The topological polar surface area (TPSA) is 93.8 Å². The first-order valence-corrected chi connectivity index (χ1v) is 7.45. The predicted octanol–water partition coefficient (Wildman–Crippen LogP) is 1.79. The Labute approximate surface area is 116 Å². The molecule has 19 heavy (non-hydrogen) atoms. The number of rotatable bonds is 4. The molecule has 0 heterocycles. The van der Waals surface area contributed by atoms with Gasteiger partial charge in [-0.05, 0) is 37.0 Å². The second kappa shape index (κ2) is 5.18. The summed E-state index contributed by atoms with van der Waals surface area (Å²) in [5, 5.41) is 17.7. The van der Waals surface area contributed by atoms with Gasteiger partial charge in [-0.2, -0.15) is 15.2 Å². The summed E-state index contributed by atoms with van der Waals surface area (Å²) >= 11 is 5.80. The summed E-state index contributed by atoms with van der Waals surface area (Å²) in [7, 11) is -3.79. The zero-order chi connectivity index (χ0) is 14.0. The smallest absolute Gasteiger partial charge is 0.207 e. The van der Waals surface area contributed by atoms with Gasteiger partial charge in [-0.25, -0.2) is 8.42 Å². The summed E-state index contributed by atoms with van der Waals surface area (Å²) in [4.78, 5) is -0.0441. The fourth-order valence-electron chi connectivity index (χ4n) is 1.65. The summed E-state index contributed by atoms with van der Waals surface area (Å²) in [6, 6.07) is 6.95. The van der Waals surface area contributed by atoms with Crippen LogP contribution >= 0.6 is 11.6 Å². The summed E-state index contributed by atoms with van der Waals surface area (Å²) in [5.74, 6) is 0.0913. The van der Waals surface area contributed by atoms with Crippen molar-refractivity contribution in [1.82, 2.24) is 4.72 Å². The van der Waals surface area contributed by atoms with Gasteiger partial charge >= 0.3 is 0 Å². The van der Waals surface area contributed by atoms with Gasteiger partial charge in [0.2, 0.25) is 10.0 Å². The van der Waals surface area contributed by atoms with Gasteiger partial charge in [0, 0.05) is 0 Å². The molecular weight excluding hydrogens is 286 g/mol. The largest absolute Gasteiger partial charge is 0.241 e. The normalized spacial score (nSPS) is 16.4. The Morgan fingerprint density at radius 2 is 2.05 bits per heavy atom. The van der Waals surface area contributed by atoms with E-state index in [0.29, 0.717) is 0 Å². The lowest BCUT2D eigenvalue weighted by Crippen LogP contribution is -2.35. The van der Waals surface area contributed by atoms with E-state index in [-0.39, 0.29) is 21.4 Å². The monoisotopic (exact) mass is 295 g/mol. The number of nitrogens with one attached hydrogen (secondary N) is 1. The lowest BCUT2D eigenvalue weighted by Gasteiger charge is -2.11. The maximum Gasteiger partial charge on any atom is 0.241 e. The van der Waals surface area contributed by atoms with Crippen LogP contribution in [0.2, 0.25) is 5.02 Å². The molecule has 0 amide bonds. The number of sulfonamides is 1. The molecule has 1 fully saturated rings. The average Bonchev–Trinajstić information content (AvgIpc) is 3.20. The molecule has 1 aromatic rings. The van der Waals surface area contributed by atoms with Crippen LogP contribution < -0.4 is 4.72 Å². The van der Waals surface area contributed by atoms with Crippen molar-refractivity contribution in [3.05, 3.63) is 28.8 Å². The fourth-order valence-corrected chi connectivity index (χ4v) is 3.17. The molecule has 0 aliphatic heterocycles. The van der Waals surface area contributed by atoms with Crippen LogP contribution in [0.25, 0.3) is 0 Å². The number of nitriles is 2. The van der Waals surface area contributed by atoms with Gasteiger partial charge in [0.05, 0.1) is 21.6 Å². The molecular formula is C12H10ClN3O2S. The van der Waals surface area contributed by atoms with Gasteiger partial charge in [0.25, 0.3) is 0 Å². The highest BCUT2D eigenvalue weighted by atomic mass is 35.5. The molecule has 1 unspecified atom stereocenters. The van der Waals surface area contributed by atoms with E-state index in [1.165, 1.54) is 18.2 Å². The number of hydrogen-bond acceptors (Lipinski definition) is 4. The molecule has 2 rings (SSSR count). The van der Waals surface area contributed by atoms with Crippen molar-refractivity contribution in [2.75, 3.05) is 0 Å². The molecule has 1 aromatic carbocycles. The first-order chi connectivity index (χ1) is 8.97. The predicted molar refractivity (Wildman–Crippen MR) is 68.6 cm³/mol. The van der Waals surface area contributed by atoms with Crippen molar-refractivity contribution >= 4 is 21.6 Å². The van der Waals surface area contributed by atoms with Crippen molar-refractivity contribution < 1.29 is 8.42 Å². The van der Waals surface area contributed by atoms with Gasteiger partial charge < -0.3 is 0 Å². The third kappa shape index (κ3) is 3.05. The molecule has 0 saturated heterocycles. The lowest BCUT2D eigenvalue weighted by atomic mass is 10.2. The van der Waals surface area contributed by atoms with E-state index in [1.54, 1.807) is 0 Å². The van der Waals surface area contributed by atoms with Gasteiger partial charge in [0.15, 0.2) is 0 Å². The summed E-state index contributed by atoms with van der Waals surface area (Å²) < 4.78 is 26.5. The molecule has 1 aliphatic rings. The molecule has 0 spiro atoms. The highest BCUT2D eigenvalue weighted by Gasteiger charge is 2.34. The zero-order valence-electron chi connectivity index (χ0n) is 9.80. The van der Waals surface area contributed by atoms with Crippen LogP contribution in [-0.2, 0) is 10.0 Å². The first-order valence-electron chi connectivity index (χ1n) is 5.59. The van der Waals surface area contributed by atoms with Crippen LogP contribution in [-0.4, -0.2) is 14.5 Å². The molecule has 98 valence electrons. The maximum atomic E-state index is 12.1. The van der Waals surface area contributed by atoms with Crippen LogP contribution in [0.3, 0.4) is 0 Å². The molecule has 0 radical (unpaired) electrons. The van der Waals surface area contributed by atoms with Crippen LogP contribution in [0.15, 0.2) is 23.1 Å². The Balaban J connectivity index is 2.27. The Morgan fingerprint density at radius 3 is 2.53 bits per heavy atom. The van der Waals surface area contributed by atoms with E-state index in [4.69, 9.17) is 22.1 Å². The average molecular weight is 296 g/mol. The summed E-state index contributed by atoms with van der Waals surface area (Å²) in [6.07, 6.45) is 1.71. The second-order valence-corrected chi connectivity index (χ2v) is 6.44. The Morgan fingerprint density at radius 1 is 1.37 bits per heavy atom. The summed E-state index contributed by atoms with van der Waals surface area (Å²) in [6.45, 7) is 0. The maximum absolute atomic E-state index is 12.1. The van der Waals surface area contributed by atoms with E-state index in [0.717, 1.165) is 12.8 Å². The Bertz CT molecular complexity index is 684. The standard InChI is InChI=1S/C12H10ClN3O2S/c13-11-5-10(4-3-9(11)6-14)19(17,18)16-12(7-15)8-1-2-8/h3-5,8,12,16H,1-2H2. The van der Waals surface area contributed by atoms with Gasteiger partial charge in [-0.1, -0.05) is 11.6 Å². The minimum atomic E-state index is -3.79. The number of benzene rings is 1. The molecule has 1 N–H and O–H groups in total. The highest BCUT2D eigenvalue weighted by Crippen LogP contribution is 2.33. The first kappa shape index (κ1) is 13.8. The SMILES string of the molecule is N#Cc1ccc(S(=O)(=O)NC(C#N)C2CC2)cc1Cl. The third-order valence-corrected chi connectivity index (χ3v) is 4.64.